The van der Waals surface area contributed by atoms with Crippen LogP contribution in [-0.4, -0.2) is 24.5 Å². The van der Waals surface area contributed by atoms with Crippen molar-refractivity contribution in [2.45, 2.75) is 60.4 Å². The van der Waals surface area contributed by atoms with Crippen molar-refractivity contribution in [1.82, 2.24) is 4.90 Å². The Labute approximate surface area is 97.2 Å². The fourth-order valence-electron chi connectivity index (χ4n) is 3.60. The summed E-state index contributed by atoms with van der Waals surface area (Å²) in [5.74, 6) is 2.93. The van der Waals surface area contributed by atoms with Crippen molar-refractivity contribution in [3.8, 4) is 0 Å². The molecule has 1 heterocycles. The van der Waals surface area contributed by atoms with Crippen LogP contribution in [-0.2, 0) is 0 Å². The number of fused-ring (bicyclic) bond motifs is 1. The van der Waals surface area contributed by atoms with Crippen molar-refractivity contribution < 1.29 is 0 Å². The first-order chi connectivity index (χ1) is 6.70. The highest BCUT2D eigenvalue weighted by molar-refractivity contribution is 4.95. The van der Waals surface area contributed by atoms with Crippen molar-refractivity contribution >= 4 is 0 Å². The number of hydrogen-bond donors (Lipinski definition) is 0. The van der Waals surface area contributed by atoms with E-state index >= 15 is 0 Å². The van der Waals surface area contributed by atoms with Gasteiger partial charge in [0.15, 0.2) is 0 Å². The number of nitrogens with zero attached hydrogens (tertiary/aromatic N) is 1. The van der Waals surface area contributed by atoms with Crippen LogP contribution >= 0.6 is 0 Å². The third-order valence-corrected chi connectivity index (χ3v) is 4.05. The van der Waals surface area contributed by atoms with Gasteiger partial charge >= 0.3 is 0 Å². The SMILES string of the molecule is C.CC.CC1CC(C)C2C1CCCN2C. The lowest BCUT2D eigenvalue weighted by Gasteiger charge is -2.38. The normalized spacial score (nSPS) is 39.8. The van der Waals surface area contributed by atoms with Gasteiger partial charge in [-0.25, -0.2) is 0 Å². The molecule has 2 rings (SSSR count). The molecule has 0 spiro atoms. The highest BCUT2D eigenvalue weighted by Crippen LogP contribution is 2.43. The fraction of sp³-hybridized carbons (Fsp3) is 1.00. The molecule has 15 heavy (non-hydrogen) atoms. The van der Waals surface area contributed by atoms with Gasteiger partial charge in [-0.2, -0.15) is 0 Å². The molecule has 1 aliphatic heterocycles. The molecule has 1 saturated carbocycles. The number of piperidine rings is 1. The fourth-order valence-corrected chi connectivity index (χ4v) is 3.60. The van der Waals surface area contributed by atoms with Crippen LogP contribution < -0.4 is 0 Å². The maximum atomic E-state index is 2.60. The van der Waals surface area contributed by atoms with Gasteiger partial charge in [0.1, 0.15) is 0 Å². The van der Waals surface area contributed by atoms with Crippen LogP contribution in [0, 0.1) is 17.8 Å². The van der Waals surface area contributed by atoms with Gasteiger partial charge in [0.2, 0.25) is 0 Å². The summed E-state index contributed by atoms with van der Waals surface area (Å²) in [7, 11) is 2.31. The smallest absolute Gasteiger partial charge is 0.0149 e. The van der Waals surface area contributed by atoms with Crippen LogP contribution in [0.25, 0.3) is 0 Å². The quantitative estimate of drug-likeness (QED) is 0.587. The average Bonchev–Trinajstić information content (AvgIpc) is 2.47. The second kappa shape index (κ2) is 6.52. The summed E-state index contributed by atoms with van der Waals surface area (Å²) in [4.78, 5) is 2.60. The minimum Gasteiger partial charge on any atom is -0.303 e. The highest BCUT2D eigenvalue weighted by atomic mass is 15.1. The molecular formula is C14H31N. The Kier molecular flexibility index (Phi) is 6.51. The first-order valence-corrected chi connectivity index (χ1v) is 6.40. The van der Waals surface area contributed by atoms with E-state index in [1.54, 1.807) is 0 Å². The molecule has 2 aliphatic rings. The van der Waals surface area contributed by atoms with E-state index in [9.17, 15) is 0 Å². The Morgan fingerprint density at radius 2 is 1.67 bits per heavy atom. The average molecular weight is 213 g/mol. The zero-order valence-electron chi connectivity index (χ0n) is 10.6. The summed E-state index contributed by atoms with van der Waals surface area (Å²) in [6.07, 6.45) is 4.37. The standard InChI is InChI=1S/C11H21N.C2H6.CH4/c1-8-7-9(2)11-10(8)5-4-6-12(11)3;1-2;/h8-11H,4-7H2,1-3H3;1-2H3;1H4. The van der Waals surface area contributed by atoms with Crippen LogP contribution in [0.15, 0.2) is 0 Å². The van der Waals surface area contributed by atoms with Crippen molar-refractivity contribution in [2.75, 3.05) is 13.6 Å². The van der Waals surface area contributed by atoms with E-state index in [-0.39, 0.29) is 7.43 Å². The summed E-state index contributed by atoms with van der Waals surface area (Å²) in [5.41, 5.74) is 0. The molecule has 1 heteroatoms. The Bertz CT molecular complexity index is 163. The molecule has 1 aliphatic carbocycles. The molecule has 4 unspecified atom stereocenters. The van der Waals surface area contributed by atoms with Gasteiger partial charge in [0.25, 0.3) is 0 Å². The molecule has 2 fully saturated rings. The molecule has 92 valence electrons. The molecule has 0 aromatic rings. The molecular weight excluding hydrogens is 182 g/mol. The summed E-state index contributed by atoms with van der Waals surface area (Å²) < 4.78 is 0. The van der Waals surface area contributed by atoms with Crippen molar-refractivity contribution in [1.29, 1.82) is 0 Å². The van der Waals surface area contributed by atoms with Gasteiger partial charge in [-0.05, 0) is 50.6 Å². The van der Waals surface area contributed by atoms with E-state index in [1.165, 1.54) is 25.8 Å². The van der Waals surface area contributed by atoms with Gasteiger partial charge in [-0.1, -0.05) is 35.1 Å². The monoisotopic (exact) mass is 213 g/mol. The summed E-state index contributed by atoms with van der Waals surface area (Å²) >= 11 is 0. The third-order valence-electron chi connectivity index (χ3n) is 4.05. The molecule has 0 N–H and O–H groups in total. The summed E-state index contributed by atoms with van der Waals surface area (Å²) in [6.45, 7) is 10.2. The Morgan fingerprint density at radius 1 is 1.07 bits per heavy atom. The Hall–Kier alpha value is -0.0400. The third kappa shape index (κ3) is 2.96. The van der Waals surface area contributed by atoms with E-state index in [1.807, 2.05) is 13.8 Å². The predicted molar refractivity (Wildman–Crippen MR) is 70.2 cm³/mol. The lowest BCUT2D eigenvalue weighted by molar-refractivity contribution is 0.107. The number of hydrogen-bond acceptors (Lipinski definition) is 1. The van der Waals surface area contributed by atoms with Crippen molar-refractivity contribution in [2.24, 2.45) is 17.8 Å². The minimum atomic E-state index is 0. The van der Waals surface area contributed by atoms with E-state index in [0.717, 1.165) is 23.8 Å². The molecule has 4 atom stereocenters. The summed E-state index contributed by atoms with van der Waals surface area (Å²) in [5, 5.41) is 0. The second-order valence-corrected chi connectivity index (χ2v) is 4.97. The lowest BCUT2D eigenvalue weighted by atomic mass is 9.86. The topological polar surface area (TPSA) is 3.24 Å². The molecule has 0 aromatic carbocycles. The van der Waals surface area contributed by atoms with Crippen LogP contribution in [0.2, 0.25) is 0 Å². The van der Waals surface area contributed by atoms with E-state index in [2.05, 4.69) is 25.8 Å². The Balaban J connectivity index is 0.000000617. The van der Waals surface area contributed by atoms with Crippen LogP contribution in [0.5, 0.6) is 0 Å². The van der Waals surface area contributed by atoms with Gasteiger partial charge in [0.05, 0.1) is 0 Å². The van der Waals surface area contributed by atoms with Gasteiger partial charge < -0.3 is 4.90 Å². The number of rotatable bonds is 0. The maximum Gasteiger partial charge on any atom is 0.0149 e. The van der Waals surface area contributed by atoms with E-state index in [4.69, 9.17) is 0 Å². The van der Waals surface area contributed by atoms with Crippen LogP contribution in [0.3, 0.4) is 0 Å². The van der Waals surface area contributed by atoms with E-state index in [0.29, 0.717) is 0 Å². The van der Waals surface area contributed by atoms with Gasteiger partial charge in [-0.3, -0.25) is 0 Å². The predicted octanol–water partition coefficient (Wildman–Crippen LogP) is 4.04. The van der Waals surface area contributed by atoms with Crippen molar-refractivity contribution in [3.05, 3.63) is 0 Å². The second-order valence-electron chi connectivity index (χ2n) is 4.97. The maximum absolute atomic E-state index is 2.60. The first-order valence-electron chi connectivity index (χ1n) is 6.40. The largest absolute Gasteiger partial charge is 0.303 e. The molecule has 0 bridgehead atoms. The number of likely N-dealkylation sites (tertiary alicyclic amines) is 1. The van der Waals surface area contributed by atoms with Crippen LogP contribution in [0.1, 0.15) is 54.4 Å². The van der Waals surface area contributed by atoms with Crippen LogP contribution in [0.4, 0.5) is 0 Å². The van der Waals surface area contributed by atoms with E-state index < -0.39 is 0 Å². The Morgan fingerprint density at radius 3 is 2.20 bits per heavy atom. The summed E-state index contributed by atoms with van der Waals surface area (Å²) in [6, 6.07) is 0.911. The lowest BCUT2D eigenvalue weighted by Crippen LogP contribution is -2.43. The molecule has 0 radical (unpaired) electrons. The first kappa shape index (κ1) is 15.0. The zero-order chi connectivity index (χ0) is 10.7. The minimum absolute atomic E-state index is 0. The van der Waals surface area contributed by atoms with Gasteiger partial charge in [0, 0.05) is 6.04 Å². The molecule has 1 saturated heterocycles. The highest BCUT2D eigenvalue weighted by Gasteiger charge is 2.42. The molecule has 1 nitrogen and oxygen atoms in total. The van der Waals surface area contributed by atoms with Crippen molar-refractivity contribution in [3.63, 3.8) is 0 Å². The molecule has 0 amide bonds. The molecule has 0 aromatic heterocycles. The zero-order valence-corrected chi connectivity index (χ0v) is 10.6. The van der Waals surface area contributed by atoms with Gasteiger partial charge in [-0.15, -0.1) is 0 Å².